The van der Waals surface area contributed by atoms with Gasteiger partial charge in [0.25, 0.3) is 0 Å². The number of piperidine rings is 1. The lowest BCUT2D eigenvalue weighted by Crippen LogP contribution is -2.54. The molecule has 1 fully saturated rings. The number of hydrogen-bond donors (Lipinski definition) is 1. The Morgan fingerprint density at radius 1 is 1.54 bits per heavy atom. The van der Waals surface area contributed by atoms with Crippen LogP contribution >= 0.6 is 45.2 Å². The normalized spacial score (nSPS) is 42.0. The quantitative estimate of drug-likeness (QED) is 0.310. The van der Waals surface area contributed by atoms with Crippen molar-refractivity contribution in [3.8, 4) is 0 Å². The fraction of sp³-hybridized carbons (Fsp3) is 1.00. The van der Waals surface area contributed by atoms with E-state index in [1.807, 2.05) is 0 Å². The summed E-state index contributed by atoms with van der Waals surface area (Å²) in [7, 11) is 1.64. The van der Waals surface area contributed by atoms with Crippen LogP contribution in [-0.4, -0.2) is 37.4 Å². The molecule has 0 aromatic rings. The number of nitrogens with zero attached hydrogens (tertiary/aromatic N) is 1. The minimum absolute atomic E-state index is 0.0509. The highest BCUT2D eigenvalue weighted by molar-refractivity contribution is 14.2. The maximum Gasteiger partial charge on any atom is 0.108 e. The fourth-order valence-electron chi connectivity index (χ4n) is 1.81. The van der Waals surface area contributed by atoms with Crippen molar-refractivity contribution in [1.29, 1.82) is 0 Å². The highest BCUT2D eigenvalue weighted by Gasteiger charge is 2.40. The molecule has 1 saturated heterocycles. The molecule has 1 aliphatic heterocycles. The third-order valence-corrected chi connectivity index (χ3v) is 4.20. The van der Waals surface area contributed by atoms with Gasteiger partial charge < -0.3 is 15.0 Å². The van der Waals surface area contributed by atoms with Crippen LogP contribution in [0.15, 0.2) is 0 Å². The molecule has 1 heterocycles. The third kappa shape index (κ3) is 3.44. The van der Waals surface area contributed by atoms with Gasteiger partial charge in [-0.25, -0.2) is 0 Å². The van der Waals surface area contributed by atoms with E-state index in [2.05, 4.69) is 52.1 Å². The molecular formula is C8H15I2NO2. The molecule has 0 saturated carbocycles. The molecule has 0 spiro atoms. The van der Waals surface area contributed by atoms with Gasteiger partial charge in [0, 0.05) is 12.3 Å². The molecule has 0 amide bonds. The molecule has 0 radical (unpaired) electrons. The molecule has 0 aliphatic carbocycles. The number of likely N-dealkylation sites (N-methyl/N-ethyl adjacent to an activating group) is 1. The van der Waals surface area contributed by atoms with Crippen LogP contribution in [0.4, 0.5) is 0 Å². The number of alkyl halides is 2. The minimum Gasteiger partial charge on any atom is -0.633 e. The predicted molar refractivity (Wildman–Crippen MR) is 69.8 cm³/mol. The first kappa shape index (κ1) is 12.4. The maximum atomic E-state index is 11.6. The van der Waals surface area contributed by atoms with Crippen molar-refractivity contribution in [3.63, 3.8) is 0 Å². The summed E-state index contributed by atoms with van der Waals surface area (Å²) in [5, 5.41) is 21.4. The Bertz CT molecular complexity index is 191. The van der Waals surface area contributed by atoms with Gasteiger partial charge in [-0.3, -0.25) is 0 Å². The highest BCUT2D eigenvalue weighted by Crippen LogP contribution is 2.41. The van der Waals surface area contributed by atoms with E-state index in [1.165, 1.54) is 0 Å². The lowest BCUT2D eigenvalue weighted by Gasteiger charge is -2.48. The molecule has 3 atom stereocenters. The molecule has 5 heteroatoms. The molecule has 0 bridgehead atoms. The predicted octanol–water partition coefficient (Wildman–Crippen LogP) is 1.90. The van der Waals surface area contributed by atoms with Crippen LogP contribution in [0.1, 0.15) is 13.3 Å². The molecule has 0 aromatic carbocycles. The summed E-state index contributed by atoms with van der Waals surface area (Å²) in [6.45, 7) is 3.07. The van der Waals surface area contributed by atoms with Gasteiger partial charge in [-0.1, -0.05) is 45.2 Å². The van der Waals surface area contributed by atoms with Crippen LogP contribution in [0, 0.1) is 11.1 Å². The first-order valence-electron chi connectivity index (χ1n) is 4.34. The Hall–Kier alpha value is 1.34. The Morgan fingerprint density at radius 2 is 2.08 bits per heavy atom. The lowest BCUT2D eigenvalue weighted by molar-refractivity contribution is -0.871. The van der Waals surface area contributed by atoms with Crippen LogP contribution in [0.3, 0.4) is 0 Å². The molecular weight excluding hydrogens is 396 g/mol. The van der Waals surface area contributed by atoms with Crippen molar-refractivity contribution in [1.82, 2.24) is 0 Å². The van der Waals surface area contributed by atoms with Crippen molar-refractivity contribution < 1.29 is 9.75 Å². The number of aliphatic hydroxyl groups excluding tert-OH is 1. The van der Waals surface area contributed by atoms with E-state index in [-0.39, 0.29) is 12.0 Å². The molecule has 1 aliphatic rings. The van der Waals surface area contributed by atoms with Gasteiger partial charge in [0.2, 0.25) is 0 Å². The molecule has 0 aromatic heterocycles. The summed E-state index contributed by atoms with van der Waals surface area (Å²) in [5.41, 5.74) is 0. The summed E-state index contributed by atoms with van der Waals surface area (Å²) in [4.78, 5) is 0. The van der Waals surface area contributed by atoms with E-state index < -0.39 is 6.10 Å². The van der Waals surface area contributed by atoms with Gasteiger partial charge in [-0.15, -0.1) is 0 Å². The van der Waals surface area contributed by atoms with E-state index in [0.29, 0.717) is 13.1 Å². The number of hydroxylamine groups is 3. The zero-order chi connectivity index (χ0) is 10.3. The topological polar surface area (TPSA) is 43.3 Å². The standard InChI is InChI=1S/C8H15I2NO2/c1-8(9,10)6-3-4-11(2,13)5-7(6)12/h6-7,12H,3-5H2,1-2H3/t6?,7-,11?/m1/s1. The average Bonchev–Trinajstić information content (AvgIpc) is 1.80. The van der Waals surface area contributed by atoms with Crippen molar-refractivity contribution in [2.45, 2.75) is 20.9 Å². The van der Waals surface area contributed by atoms with Crippen LogP contribution in [0.2, 0.25) is 0 Å². The molecule has 13 heavy (non-hydrogen) atoms. The van der Waals surface area contributed by atoms with E-state index >= 15 is 0 Å². The summed E-state index contributed by atoms with van der Waals surface area (Å²) < 4.78 is -0.240. The number of likely N-dealkylation sites (tertiary alicyclic amines) is 1. The molecule has 78 valence electrons. The first-order chi connectivity index (χ1) is 5.72. The Kier molecular flexibility index (Phi) is 3.89. The van der Waals surface area contributed by atoms with Gasteiger partial charge in [0.1, 0.15) is 12.6 Å². The maximum absolute atomic E-state index is 11.6. The summed E-state index contributed by atoms with van der Waals surface area (Å²) in [6.07, 6.45) is 0.374. The van der Waals surface area contributed by atoms with E-state index in [1.54, 1.807) is 7.05 Å². The van der Waals surface area contributed by atoms with Crippen molar-refractivity contribution in [3.05, 3.63) is 5.21 Å². The number of halogens is 2. The Morgan fingerprint density at radius 3 is 2.46 bits per heavy atom. The summed E-state index contributed by atoms with van der Waals surface area (Å²) >= 11 is 4.68. The molecule has 2 unspecified atom stereocenters. The Labute approximate surface area is 106 Å². The SMILES string of the molecule is CC(I)(I)C1CC[N+](C)([O-])C[C@H]1O. The monoisotopic (exact) mass is 411 g/mol. The highest BCUT2D eigenvalue weighted by atomic mass is 127. The number of hydrogen-bond acceptors (Lipinski definition) is 2. The number of aliphatic hydroxyl groups is 1. The van der Waals surface area contributed by atoms with Crippen molar-refractivity contribution in [2.24, 2.45) is 5.92 Å². The van der Waals surface area contributed by atoms with Crippen LogP contribution in [0.5, 0.6) is 0 Å². The lowest BCUT2D eigenvalue weighted by atomic mass is 9.91. The van der Waals surface area contributed by atoms with Crippen LogP contribution in [0.25, 0.3) is 0 Å². The van der Waals surface area contributed by atoms with E-state index in [9.17, 15) is 10.3 Å². The number of rotatable bonds is 1. The second-order valence-electron chi connectivity index (χ2n) is 4.12. The van der Waals surface area contributed by atoms with Gasteiger partial charge in [-0.05, 0) is 6.92 Å². The molecule has 1 N–H and O–H groups in total. The second-order valence-corrected chi connectivity index (χ2v) is 10.7. The summed E-state index contributed by atoms with van der Waals surface area (Å²) in [5.74, 6) is 0.244. The third-order valence-electron chi connectivity index (χ3n) is 2.60. The zero-order valence-electron chi connectivity index (χ0n) is 7.83. The van der Waals surface area contributed by atoms with Gasteiger partial charge in [-0.2, -0.15) is 0 Å². The second kappa shape index (κ2) is 4.07. The Balaban J connectivity index is 2.64. The molecule has 1 rings (SSSR count). The van der Waals surface area contributed by atoms with Crippen LogP contribution < -0.4 is 0 Å². The minimum atomic E-state index is -0.449. The smallest absolute Gasteiger partial charge is 0.108 e. The fourth-order valence-corrected chi connectivity index (χ4v) is 3.26. The van der Waals surface area contributed by atoms with E-state index in [0.717, 1.165) is 6.42 Å². The first-order valence-corrected chi connectivity index (χ1v) is 6.49. The van der Waals surface area contributed by atoms with Crippen LogP contribution in [-0.2, 0) is 0 Å². The van der Waals surface area contributed by atoms with Gasteiger partial charge >= 0.3 is 0 Å². The zero-order valence-corrected chi connectivity index (χ0v) is 12.1. The van der Waals surface area contributed by atoms with E-state index in [4.69, 9.17) is 0 Å². The van der Waals surface area contributed by atoms with Gasteiger partial charge in [0.05, 0.1) is 15.0 Å². The molecule has 3 nitrogen and oxygen atoms in total. The number of quaternary nitrogens is 1. The van der Waals surface area contributed by atoms with Crippen molar-refractivity contribution >= 4 is 45.2 Å². The largest absolute Gasteiger partial charge is 0.633 e. The van der Waals surface area contributed by atoms with Crippen molar-refractivity contribution in [2.75, 3.05) is 20.1 Å². The van der Waals surface area contributed by atoms with Gasteiger partial charge in [0.15, 0.2) is 0 Å². The summed E-state index contributed by atoms with van der Waals surface area (Å²) in [6, 6.07) is 0. The average molecular weight is 411 g/mol.